The van der Waals surface area contributed by atoms with Crippen LogP contribution in [0.15, 0.2) is 47.4 Å². The second-order valence-electron chi connectivity index (χ2n) is 7.14. The molecule has 0 aliphatic carbocycles. The van der Waals surface area contributed by atoms with E-state index in [-0.39, 0.29) is 47.3 Å². The van der Waals surface area contributed by atoms with Crippen LogP contribution in [-0.2, 0) is 14.8 Å². The molecule has 1 amide bonds. The molecule has 12 heteroatoms. The van der Waals surface area contributed by atoms with Crippen molar-refractivity contribution >= 4 is 33.2 Å². The number of para-hydroxylation sites is 2. The predicted molar refractivity (Wildman–Crippen MR) is 110 cm³/mol. The Morgan fingerprint density at radius 3 is 2.44 bits per heavy atom. The van der Waals surface area contributed by atoms with E-state index in [2.05, 4.69) is 5.32 Å². The Hall–Kier alpha value is -2.37. The molecule has 1 aliphatic rings. The number of carbonyl (C=O) groups excluding carboxylic acids is 1. The number of nitrogens with one attached hydrogen (secondary N) is 1. The van der Waals surface area contributed by atoms with Gasteiger partial charge < -0.3 is 10.1 Å². The summed E-state index contributed by atoms with van der Waals surface area (Å²) in [6, 6.07) is 8.86. The number of benzene rings is 2. The molecule has 1 fully saturated rings. The maximum Gasteiger partial charge on any atom is 0.422 e. The average molecular weight is 495 g/mol. The Kier molecular flexibility index (Phi) is 7.31. The fraction of sp³-hybridized carbons (Fsp3) is 0.350. The Bertz CT molecular complexity index is 1090. The number of sulfonamides is 1. The lowest BCUT2D eigenvalue weighted by atomic mass is 9.97. The van der Waals surface area contributed by atoms with Crippen LogP contribution >= 0.6 is 11.6 Å². The van der Waals surface area contributed by atoms with Gasteiger partial charge in [-0.05, 0) is 43.2 Å². The Morgan fingerprint density at radius 1 is 1.16 bits per heavy atom. The molecule has 1 N–H and O–H groups in total. The van der Waals surface area contributed by atoms with E-state index in [0.717, 1.165) is 18.2 Å². The van der Waals surface area contributed by atoms with Gasteiger partial charge in [-0.3, -0.25) is 4.79 Å². The SMILES string of the molecule is O=C(Nc1ccccc1OCC(F)(F)F)C1CCN(S(=O)(=O)c2ccc(F)c(Cl)c2)CC1. The van der Waals surface area contributed by atoms with Crippen LogP contribution in [0.25, 0.3) is 0 Å². The van der Waals surface area contributed by atoms with Crippen molar-refractivity contribution in [3.63, 3.8) is 0 Å². The molecule has 1 heterocycles. The average Bonchev–Trinajstić information content (AvgIpc) is 2.74. The van der Waals surface area contributed by atoms with Gasteiger partial charge in [-0.2, -0.15) is 17.5 Å². The van der Waals surface area contributed by atoms with Crippen LogP contribution in [0.5, 0.6) is 5.75 Å². The van der Waals surface area contributed by atoms with E-state index in [4.69, 9.17) is 16.3 Å². The largest absolute Gasteiger partial charge is 0.482 e. The Morgan fingerprint density at radius 2 is 1.81 bits per heavy atom. The fourth-order valence-electron chi connectivity index (χ4n) is 3.23. The number of rotatable bonds is 6. The molecule has 174 valence electrons. The molecule has 6 nitrogen and oxygen atoms in total. The summed E-state index contributed by atoms with van der Waals surface area (Å²) in [6.07, 6.45) is -4.12. The second-order valence-corrected chi connectivity index (χ2v) is 9.49. The molecule has 32 heavy (non-hydrogen) atoms. The van der Waals surface area contributed by atoms with Gasteiger partial charge in [0.2, 0.25) is 15.9 Å². The minimum absolute atomic E-state index is 0.0433. The maximum absolute atomic E-state index is 13.3. The van der Waals surface area contributed by atoms with Gasteiger partial charge in [0, 0.05) is 19.0 Å². The fourth-order valence-corrected chi connectivity index (χ4v) is 4.98. The number of ether oxygens (including phenoxy) is 1. The zero-order chi connectivity index (χ0) is 23.5. The molecule has 1 saturated heterocycles. The smallest absolute Gasteiger partial charge is 0.422 e. The number of anilines is 1. The molecule has 2 aromatic carbocycles. The van der Waals surface area contributed by atoms with Gasteiger partial charge in [-0.25, -0.2) is 12.8 Å². The number of nitrogens with zero attached hydrogens (tertiary/aromatic N) is 1. The summed E-state index contributed by atoms with van der Waals surface area (Å²) in [4.78, 5) is 12.5. The van der Waals surface area contributed by atoms with Gasteiger partial charge >= 0.3 is 6.18 Å². The molecular formula is C20H19ClF4N2O4S. The summed E-state index contributed by atoms with van der Waals surface area (Å²) in [5.41, 5.74) is 0.0951. The summed E-state index contributed by atoms with van der Waals surface area (Å²) >= 11 is 5.68. The van der Waals surface area contributed by atoms with Crippen LogP contribution in [0.1, 0.15) is 12.8 Å². The van der Waals surface area contributed by atoms with Crippen LogP contribution in [0.4, 0.5) is 23.2 Å². The van der Waals surface area contributed by atoms with Crippen molar-refractivity contribution in [1.82, 2.24) is 4.31 Å². The Balaban J connectivity index is 1.62. The third kappa shape index (κ3) is 5.90. The minimum atomic E-state index is -4.52. The third-order valence-corrected chi connectivity index (χ3v) is 7.07. The van der Waals surface area contributed by atoms with Gasteiger partial charge in [0.05, 0.1) is 15.6 Å². The molecular weight excluding hydrogens is 476 g/mol. The van der Waals surface area contributed by atoms with E-state index >= 15 is 0 Å². The van der Waals surface area contributed by atoms with Gasteiger partial charge in [0.15, 0.2) is 6.61 Å². The van der Waals surface area contributed by atoms with E-state index < -0.39 is 40.4 Å². The highest BCUT2D eigenvalue weighted by molar-refractivity contribution is 7.89. The van der Waals surface area contributed by atoms with Crippen molar-refractivity contribution < 1.29 is 35.5 Å². The molecule has 0 spiro atoms. The summed E-state index contributed by atoms with van der Waals surface area (Å²) in [5, 5.41) is 2.24. The summed E-state index contributed by atoms with van der Waals surface area (Å²) in [6.45, 7) is -1.41. The zero-order valence-corrected chi connectivity index (χ0v) is 18.1. The number of halogens is 5. The molecule has 0 radical (unpaired) electrons. The number of carbonyl (C=O) groups is 1. The highest BCUT2D eigenvalue weighted by Gasteiger charge is 2.33. The first-order valence-electron chi connectivity index (χ1n) is 9.52. The summed E-state index contributed by atoms with van der Waals surface area (Å²) in [5.74, 6) is -1.85. The van der Waals surface area contributed by atoms with Crippen LogP contribution in [0.2, 0.25) is 5.02 Å². The minimum Gasteiger partial charge on any atom is -0.482 e. The van der Waals surface area contributed by atoms with Crippen LogP contribution in [0, 0.1) is 11.7 Å². The molecule has 2 aromatic rings. The van der Waals surface area contributed by atoms with Crippen molar-refractivity contribution in [2.24, 2.45) is 5.92 Å². The predicted octanol–water partition coefficient (Wildman–Crippen LogP) is 4.46. The van der Waals surface area contributed by atoms with Crippen LogP contribution in [-0.4, -0.2) is 44.5 Å². The van der Waals surface area contributed by atoms with E-state index in [9.17, 15) is 30.8 Å². The van der Waals surface area contributed by atoms with Crippen molar-refractivity contribution in [2.75, 3.05) is 25.0 Å². The summed E-state index contributed by atoms with van der Waals surface area (Å²) in [7, 11) is -3.91. The van der Waals surface area contributed by atoms with E-state index in [1.54, 1.807) is 6.07 Å². The van der Waals surface area contributed by atoms with Gasteiger partial charge in [0.25, 0.3) is 0 Å². The molecule has 0 saturated carbocycles. The van der Waals surface area contributed by atoms with Gasteiger partial charge in [0.1, 0.15) is 11.6 Å². The van der Waals surface area contributed by atoms with E-state index in [1.807, 2.05) is 0 Å². The first-order valence-corrected chi connectivity index (χ1v) is 11.3. The lowest BCUT2D eigenvalue weighted by Crippen LogP contribution is -2.41. The van der Waals surface area contributed by atoms with Gasteiger partial charge in [-0.15, -0.1) is 0 Å². The van der Waals surface area contributed by atoms with Crippen molar-refractivity contribution in [3.05, 3.63) is 53.3 Å². The Labute approximate surface area is 187 Å². The van der Waals surface area contributed by atoms with Crippen molar-refractivity contribution in [2.45, 2.75) is 23.9 Å². The topological polar surface area (TPSA) is 75.7 Å². The van der Waals surface area contributed by atoms with E-state index in [1.165, 1.54) is 22.5 Å². The normalized spacial score (nSPS) is 16.0. The number of amides is 1. The van der Waals surface area contributed by atoms with Crippen LogP contribution in [0.3, 0.4) is 0 Å². The van der Waals surface area contributed by atoms with E-state index in [0.29, 0.717) is 0 Å². The summed E-state index contributed by atoms with van der Waals surface area (Å²) < 4.78 is 82.1. The quantitative estimate of drug-likeness (QED) is 0.602. The van der Waals surface area contributed by atoms with Crippen LogP contribution < -0.4 is 10.1 Å². The third-order valence-electron chi connectivity index (χ3n) is 4.89. The number of piperidine rings is 1. The zero-order valence-electron chi connectivity index (χ0n) is 16.5. The van der Waals surface area contributed by atoms with Gasteiger partial charge in [-0.1, -0.05) is 23.7 Å². The first-order chi connectivity index (χ1) is 15.0. The molecule has 0 aromatic heterocycles. The lowest BCUT2D eigenvalue weighted by Gasteiger charge is -2.30. The standard InChI is InChI=1S/C20H19ClF4N2O4S/c21-15-11-14(5-6-16(15)22)32(29,30)27-9-7-13(8-10-27)19(28)26-17-3-1-2-4-18(17)31-12-20(23,24)25/h1-6,11,13H,7-10,12H2,(H,26,28). The molecule has 0 atom stereocenters. The number of hydrogen-bond acceptors (Lipinski definition) is 4. The molecule has 3 rings (SSSR count). The monoisotopic (exact) mass is 494 g/mol. The maximum atomic E-state index is 13.3. The highest BCUT2D eigenvalue weighted by Crippen LogP contribution is 2.30. The first kappa shape index (κ1) is 24.3. The lowest BCUT2D eigenvalue weighted by molar-refractivity contribution is -0.153. The van der Waals surface area contributed by atoms with Crippen molar-refractivity contribution in [1.29, 1.82) is 0 Å². The number of hydrogen-bond donors (Lipinski definition) is 1. The number of alkyl halides is 3. The molecule has 0 bridgehead atoms. The highest BCUT2D eigenvalue weighted by atomic mass is 35.5. The molecule has 1 aliphatic heterocycles. The second kappa shape index (κ2) is 9.63. The van der Waals surface area contributed by atoms with Crippen molar-refractivity contribution in [3.8, 4) is 5.75 Å². The molecule has 0 unspecified atom stereocenters.